The van der Waals surface area contributed by atoms with Gasteiger partial charge in [-0.15, -0.1) is 0 Å². The molecule has 15 nitrogen and oxygen atoms in total. The molecule has 0 amide bonds. The second-order valence-electron chi connectivity index (χ2n) is 14.7. The van der Waals surface area contributed by atoms with Gasteiger partial charge in [-0.25, -0.2) is 9.13 Å². The molecular formula is C46H76O15P2. The highest BCUT2D eigenvalue weighted by atomic mass is 31.2. The topological polar surface area (TPSA) is 236 Å². The zero-order valence-corrected chi connectivity index (χ0v) is 39.1. The molecule has 0 radical (unpaired) electrons. The van der Waals surface area contributed by atoms with E-state index in [1.807, 2.05) is 37.3 Å². The van der Waals surface area contributed by atoms with E-state index in [0.717, 1.165) is 44.9 Å². The highest BCUT2D eigenvalue weighted by molar-refractivity contribution is 7.47. The van der Waals surface area contributed by atoms with Crippen LogP contribution in [0.3, 0.4) is 0 Å². The van der Waals surface area contributed by atoms with Crippen LogP contribution in [-0.2, 0) is 41.8 Å². The molecule has 0 saturated carbocycles. The Morgan fingerprint density at radius 1 is 0.540 bits per heavy atom. The van der Waals surface area contributed by atoms with Gasteiger partial charge in [0.25, 0.3) is 0 Å². The first-order valence-electron chi connectivity index (χ1n) is 22.2. The van der Waals surface area contributed by atoms with Crippen LogP contribution in [0.2, 0.25) is 0 Å². The fraction of sp³-hybridized carbons (Fsp3) is 0.609. The van der Waals surface area contributed by atoms with Gasteiger partial charge in [0.05, 0.1) is 32.0 Å². The molecular weight excluding hydrogens is 854 g/mol. The Hall–Kier alpha value is -3.04. The van der Waals surface area contributed by atoms with E-state index >= 15 is 0 Å². The SMILES string of the molecule is CC/C=C\C[C@H](O)/C=C/C=C\C=C\[C@H](O)C/C=C\C/C=C\CCC(=O)O[C@H](COC(=O)CCCCCCC/C=C\C=C/CCCCCC)COP(=O)(O)OC[C@@H](O)COP(=O)(O)O. The van der Waals surface area contributed by atoms with Crippen LogP contribution >= 0.6 is 15.6 Å². The maximum absolute atomic E-state index is 12.6. The predicted molar refractivity (Wildman–Crippen MR) is 246 cm³/mol. The molecule has 0 spiro atoms. The number of hydrogen-bond acceptors (Lipinski definition) is 12. The predicted octanol–water partition coefficient (Wildman–Crippen LogP) is 9.28. The van der Waals surface area contributed by atoms with Gasteiger partial charge in [-0.3, -0.25) is 23.2 Å². The van der Waals surface area contributed by atoms with E-state index in [-0.39, 0.29) is 12.8 Å². The molecule has 0 saturated heterocycles. The van der Waals surface area contributed by atoms with E-state index in [2.05, 4.69) is 40.3 Å². The highest BCUT2D eigenvalue weighted by Gasteiger charge is 2.28. The molecule has 0 aromatic rings. The molecule has 1 unspecified atom stereocenters. The number of rotatable bonds is 40. The van der Waals surface area contributed by atoms with Gasteiger partial charge >= 0.3 is 27.6 Å². The van der Waals surface area contributed by atoms with Crippen molar-refractivity contribution in [2.45, 2.75) is 154 Å². The number of phosphoric acid groups is 2. The van der Waals surface area contributed by atoms with Crippen molar-refractivity contribution < 1.29 is 71.8 Å². The minimum Gasteiger partial charge on any atom is -0.462 e. The van der Waals surface area contributed by atoms with Gasteiger partial charge in [-0.2, -0.15) is 0 Å². The van der Waals surface area contributed by atoms with Crippen molar-refractivity contribution in [3.8, 4) is 0 Å². The summed E-state index contributed by atoms with van der Waals surface area (Å²) in [7, 11) is -9.76. The molecule has 0 bridgehead atoms. The van der Waals surface area contributed by atoms with Crippen molar-refractivity contribution in [1.82, 2.24) is 0 Å². The lowest BCUT2D eigenvalue weighted by Crippen LogP contribution is -2.29. The van der Waals surface area contributed by atoms with Gasteiger partial charge in [0.1, 0.15) is 12.7 Å². The van der Waals surface area contributed by atoms with E-state index in [0.29, 0.717) is 32.1 Å². The van der Waals surface area contributed by atoms with Crippen LogP contribution in [0, 0.1) is 0 Å². The summed E-state index contributed by atoms with van der Waals surface area (Å²) in [4.78, 5) is 52.7. The average molecular weight is 931 g/mol. The first-order valence-corrected chi connectivity index (χ1v) is 25.2. The van der Waals surface area contributed by atoms with Gasteiger partial charge in [0, 0.05) is 12.8 Å². The first-order chi connectivity index (χ1) is 30.2. The molecule has 17 heteroatoms. The number of aliphatic hydroxyl groups excluding tert-OH is 3. The molecule has 0 aromatic carbocycles. The Morgan fingerprint density at radius 3 is 1.71 bits per heavy atom. The molecule has 0 aliphatic heterocycles. The summed E-state index contributed by atoms with van der Waals surface area (Å²) in [5.74, 6) is -1.23. The number of hydrogen-bond donors (Lipinski definition) is 6. The third kappa shape index (κ3) is 44.0. The molecule has 0 aliphatic carbocycles. The number of aliphatic hydroxyl groups is 3. The molecule has 5 atom stereocenters. The zero-order valence-electron chi connectivity index (χ0n) is 37.4. The number of phosphoric ester groups is 2. The highest BCUT2D eigenvalue weighted by Crippen LogP contribution is 2.43. The molecule has 0 fully saturated rings. The Kier molecular flexibility index (Phi) is 38.5. The van der Waals surface area contributed by atoms with Crippen molar-refractivity contribution in [3.05, 3.63) is 97.2 Å². The van der Waals surface area contributed by atoms with E-state index in [1.165, 1.54) is 25.7 Å². The average Bonchev–Trinajstić information content (AvgIpc) is 3.23. The Bertz CT molecular complexity index is 1510. The summed E-state index contributed by atoms with van der Waals surface area (Å²) >= 11 is 0. The van der Waals surface area contributed by atoms with Crippen LogP contribution in [0.15, 0.2) is 97.2 Å². The summed E-state index contributed by atoms with van der Waals surface area (Å²) in [5, 5.41) is 29.7. The molecule has 0 rings (SSSR count). The molecule has 0 aromatic heterocycles. The maximum Gasteiger partial charge on any atom is 0.472 e. The second kappa shape index (κ2) is 40.5. The van der Waals surface area contributed by atoms with Crippen LogP contribution in [0.25, 0.3) is 0 Å². The van der Waals surface area contributed by atoms with E-state index in [1.54, 1.807) is 42.5 Å². The summed E-state index contributed by atoms with van der Waals surface area (Å²) in [5.41, 5.74) is 0. The van der Waals surface area contributed by atoms with Gasteiger partial charge in [-0.05, 0) is 64.2 Å². The Morgan fingerprint density at radius 2 is 1.10 bits per heavy atom. The van der Waals surface area contributed by atoms with E-state index in [4.69, 9.17) is 23.8 Å². The standard InChI is InChI=1S/C46H76O15P2/c1-3-5-7-8-9-10-11-12-13-14-15-16-17-21-29-35-45(50)57-39-44(40-60-63(55,56)59-38-43(49)37-58-62(52,53)54)61-46(51)36-30-22-19-18-20-26-32-42(48)34-28-24-23-27-33-41(47)31-25-6-4-2/h6,10-13,19-20,22-28,33-34,41-44,47-49H,3-5,7-9,14-18,21,29-32,35-40H2,1-2H3,(H,55,56)(H2,52,53,54)/b11-10-,13-12-,22-19-,24-23-,25-6-,26-20-,33-27+,34-28+/t41-,42+,43-,44+/m0/s1. The zero-order chi connectivity index (χ0) is 46.9. The Labute approximate surface area is 375 Å². The van der Waals surface area contributed by atoms with E-state index in [9.17, 15) is 38.9 Å². The first kappa shape index (κ1) is 60.0. The number of esters is 2. The van der Waals surface area contributed by atoms with Crippen LogP contribution in [-0.4, -0.2) is 92.8 Å². The van der Waals surface area contributed by atoms with Gasteiger partial charge in [0.2, 0.25) is 0 Å². The second-order valence-corrected chi connectivity index (χ2v) is 17.4. The lowest BCUT2D eigenvalue weighted by Gasteiger charge is -2.20. The van der Waals surface area contributed by atoms with Crippen LogP contribution in [0.1, 0.15) is 129 Å². The number of unbranched alkanes of at least 4 members (excludes halogenated alkanes) is 9. The summed E-state index contributed by atoms with van der Waals surface area (Å²) in [6, 6.07) is 0. The fourth-order valence-corrected chi connectivity index (χ4v) is 6.40. The number of allylic oxidation sites excluding steroid dienone is 12. The van der Waals surface area contributed by atoms with Crippen molar-refractivity contribution in [3.63, 3.8) is 0 Å². The number of ether oxygens (including phenoxy) is 2. The molecule has 0 heterocycles. The minimum atomic E-state index is -4.89. The fourth-order valence-electron chi connectivity index (χ4n) is 5.24. The van der Waals surface area contributed by atoms with Crippen LogP contribution in [0.4, 0.5) is 0 Å². The molecule has 6 N–H and O–H groups in total. The lowest BCUT2D eigenvalue weighted by atomic mass is 10.1. The van der Waals surface area contributed by atoms with Gasteiger partial charge in [-0.1, -0.05) is 150 Å². The van der Waals surface area contributed by atoms with E-state index < -0.39 is 78.4 Å². The van der Waals surface area contributed by atoms with Gasteiger partial charge in [0.15, 0.2) is 6.10 Å². The van der Waals surface area contributed by atoms with Crippen molar-refractivity contribution in [2.24, 2.45) is 0 Å². The lowest BCUT2D eigenvalue weighted by molar-refractivity contribution is -0.161. The molecule has 63 heavy (non-hydrogen) atoms. The maximum atomic E-state index is 12.6. The largest absolute Gasteiger partial charge is 0.472 e. The Balaban J connectivity index is 4.79. The number of carbonyl (C=O) groups is 2. The smallest absolute Gasteiger partial charge is 0.462 e. The van der Waals surface area contributed by atoms with Crippen molar-refractivity contribution in [1.29, 1.82) is 0 Å². The third-order valence-electron chi connectivity index (χ3n) is 8.65. The third-order valence-corrected chi connectivity index (χ3v) is 10.1. The van der Waals surface area contributed by atoms with Crippen molar-refractivity contribution >= 4 is 27.6 Å². The number of carbonyl (C=O) groups excluding carboxylic acids is 2. The minimum absolute atomic E-state index is 0.0591. The molecule has 0 aliphatic rings. The van der Waals surface area contributed by atoms with Gasteiger partial charge < -0.3 is 39.5 Å². The summed E-state index contributed by atoms with van der Waals surface area (Å²) in [6.45, 7) is 1.31. The van der Waals surface area contributed by atoms with Crippen LogP contribution < -0.4 is 0 Å². The normalized spacial score (nSPS) is 15.9. The quantitative estimate of drug-likeness (QED) is 0.0110. The summed E-state index contributed by atoms with van der Waals surface area (Å²) < 4.78 is 47.6. The summed E-state index contributed by atoms with van der Waals surface area (Å²) in [6.07, 6.45) is 40.4. The molecule has 360 valence electrons. The van der Waals surface area contributed by atoms with Crippen molar-refractivity contribution in [2.75, 3.05) is 26.4 Å². The monoisotopic (exact) mass is 930 g/mol. The van der Waals surface area contributed by atoms with Crippen LogP contribution in [0.5, 0.6) is 0 Å².